The van der Waals surface area contributed by atoms with Crippen molar-refractivity contribution in [2.75, 3.05) is 33.2 Å². The molecule has 2 heteroatoms. The van der Waals surface area contributed by atoms with E-state index >= 15 is 0 Å². The summed E-state index contributed by atoms with van der Waals surface area (Å²) in [5.74, 6) is 1.58. The van der Waals surface area contributed by atoms with Gasteiger partial charge >= 0.3 is 0 Å². The van der Waals surface area contributed by atoms with Gasteiger partial charge in [0.25, 0.3) is 0 Å². The number of nitrogens with one attached hydrogen (secondary N) is 1. The molecule has 1 unspecified atom stereocenters. The van der Waals surface area contributed by atoms with E-state index in [2.05, 4.69) is 45.0 Å². The molecule has 0 spiro atoms. The number of rotatable bonds is 9. The van der Waals surface area contributed by atoms with Gasteiger partial charge in [-0.25, -0.2) is 0 Å². The van der Waals surface area contributed by atoms with Crippen LogP contribution in [0.15, 0.2) is 0 Å². The molecule has 0 saturated carbocycles. The molecular formula is C13H30N2. The van der Waals surface area contributed by atoms with E-state index in [1.165, 1.54) is 25.9 Å². The van der Waals surface area contributed by atoms with Crippen LogP contribution >= 0.6 is 0 Å². The lowest BCUT2D eigenvalue weighted by atomic mass is 10.1. The van der Waals surface area contributed by atoms with Gasteiger partial charge in [0.05, 0.1) is 0 Å². The van der Waals surface area contributed by atoms with Crippen LogP contribution < -0.4 is 5.32 Å². The second-order valence-electron chi connectivity index (χ2n) is 5.25. The lowest BCUT2D eigenvalue weighted by molar-refractivity contribution is 0.266. The quantitative estimate of drug-likeness (QED) is 0.594. The van der Waals surface area contributed by atoms with E-state index in [0.717, 1.165) is 24.9 Å². The van der Waals surface area contributed by atoms with Gasteiger partial charge in [-0.05, 0) is 51.4 Å². The smallest absolute Gasteiger partial charge is 0.00161 e. The maximum Gasteiger partial charge on any atom is 0.00161 e. The predicted octanol–water partition coefficient (Wildman–Crippen LogP) is 2.60. The minimum absolute atomic E-state index is 0.758. The van der Waals surface area contributed by atoms with Crippen molar-refractivity contribution in [2.24, 2.45) is 11.8 Å². The first-order valence-corrected chi connectivity index (χ1v) is 6.45. The highest BCUT2D eigenvalue weighted by Crippen LogP contribution is 2.03. The summed E-state index contributed by atoms with van der Waals surface area (Å²) in [5, 5.41) is 3.48. The normalized spacial score (nSPS) is 13.8. The number of nitrogens with zero attached hydrogens (tertiary/aromatic N) is 1. The molecule has 92 valence electrons. The highest BCUT2D eigenvalue weighted by molar-refractivity contribution is 4.62. The molecule has 15 heavy (non-hydrogen) atoms. The molecular weight excluding hydrogens is 184 g/mol. The maximum absolute atomic E-state index is 3.48. The van der Waals surface area contributed by atoms with Crippen molar-refractivity contribution in [3.05, 3.63) is 0 Å². The Bertz CT molecular complexity index is 134. The topological polar surface area (TPSA) is 15.3 Å². The Balaban J connectivity index is 3.44. The molecule has 0 amide bonds. The van der Waals surface area contributed by atoms with Gasteiger partial charge in [-0.3, -0.25) is 0 Å². The Kier molecular flexibility index (Phi) is 9.12. The van der Waals surface area contributed by atoms with Crippen LogP contribution in [-0.2, 0) is 0 Å². The lowest BCUT2D eigenvalue weighted by Gasteiger charge is -2.22. The largest absolute Gasteiger partial charge is 0.316 e. The van der Waals surface area contributed by atoms with E-state index in [1.807, 2.05) is 0 Å². The zero-order chi connectivity index (χ0) is 11.7. The summed E-state index contributed by atoms with van der Waals surface area (Å²) < 4.78 is 0. The average molecular weight is 214 g/mol. The van der Waals surface area contributed by atoms with Crippen LogP contribution in [0, 0.1) is 11.8 Å². The molecule has 0 fully saturated rings. The summed E-state index contributed by atoms with van der Waals surface area (Å²) >= 11 is 0. The summed E-state index contributed by atoms with van der Waals surface area (Å²) in [5.41, 5.74) is 0. The number of hydrogen-bond acceptors (Lipinski definition) is 2. The summed E-state index contributed by atoms with van der Waals surface area (Å²) in [6.07, 6.45) is 2.54. The van der Waals surface area contributed by atoms with E-state index in [4.69, 9.17) is 0 Å². The average Bonchev–Trinajstić information content (AvgIpc) is 2.15. The standard InChI is InChI=1S/C13H30N2/c1-6-8-14-10-13(4)11-15(5)9-7-12(2)3/h12-14H,6-11H2,1-5H3. The zero-order valence-electron chi connectivity index (χ0n) is 11.3. The fraction of sp³-hybridized carbons (Fsp3) is 1.00. The van der Waals surface area contributed by atoms with Crippen molar-refractivity contribution >= 4 is 0 Å². The van der Waals surface area contributed by atoms with E-state index in [9.17, 15) is 0 Å². The summed E-state index contributed by atoms with van der Waals surface area (Å²) in [7, 11) is 2.23. The molecule has 1 N–H and O–H groups in total. The summed E-state index contributed by atoms with van der Waals surface area (Å²) in [4.78, 5) is 2.46. The van der Waals surface area contributed by atoms with Crippen molar-refractivity contribution in [1.29, 1.82) is 0 Å². The monoisotopic (exact) mass is 214 g/mol. The van der Waals surface area contributed by atoms with Gasteiger partial charge in [0.15, 0.2) is 0 Å². The van der Waals surface area contributed by atoms with Crippen molar-refractivity contribution in [3.8, 4) is 0 Å². The first-order valence-electron chi connectivity index (χ1n) is 6.45. The van der Waals surface area contributed by atoms with E-state index < -0.39 is 0 Å². The van der Waals surface area contributed by atoms with Crippen molar-refractivity contribution in [3.63, 3.8) is 0 Å². The molecule has 0 aliphatic heterocycles. The summed E-state index contributed by atoms with van der Waals surface area (Å²) in [6.45, 7) is 13.9. The van der Waals surface area contributed by atoms with Crippen molar-refractivity contribution in [1.82, 2.24) is 10.2 Å². The Hall–Kier alpha value is -0.0800. The second-order valence-corrected chi connectivity index (χ2v) is 5.25. The highest BCUT2D eigenvalue weighted by Gasteiger charge is 2.06. The molecule has 0 bridgehead atoms. The van der Waals surface area contributed by atoms with Gasteiger partial charge < -0.3 is 10.2 Å². The molecule has 0 saturated heterocycles. The van der Waals surface area contributed by atoms with Crippen LogP contribution in [-0.4, -0.2) is 38.1 Å². The van der Waals surface area contributed by atoms with Crippen LogP contribution in [0.2, 0.25) is 0 Å². The van der Waals surface area contributed by atoms with Crippen LogP contribution in [0.4, 0.5) is 0 Å². The van der Waals surface area contributed by atoms with Gasteiger partial charge in [-0.2, -0.15) is 0 Å². The lowest BCUT2D eigenvalue weighted by Crippen LogP contribution is -2.32. The van der Waals surface area contributed by atoms with E-state index in [-0.39, 0.29) is 0 Å². The van der Waals surface area contributed by atoms with Crippen LogP contribution in [0.5, 0.6) is 0 Å². The number of hydrogen-bond donors (Lipinski definition) is 1. The molecule has 0 heterocycles. The minimum atomic E-state index is 0.758. The molecule has 0 radical (unpaired) electrons. The third-order valence-corrected chi connectivity index (χ3v) is 2.63. The SMILES string of the molecule is CCCNCC(C)CN(C)CCC(C)C. The van der Waals surface area contributed by atoms with Gasteiger partial charge in [-0.1, -0.05) is 27.7 Å². The fourth-order valence-corrected chi connectivity index (χ4v) is 1.69. The fourth-order valence-electron chi connectivity index (χ4n) is 1.69. The molecule has 0 rings (SSSR count). The Morgan fingerprint density at radius 2 is 1.87 bits per heavy atom. The van der Waals surface area contributed by atoms with Crippen LogP contribution in [0.1, 0.15) is 40.5 Å². The van der Waals surface area contributed by atoms with Crippen LogP contribution in [0.25, 0.3) is 0 Å². The molecule has 0 aromatic rings. The molecule has 1 atom stereocenters. The Labute approximate surface area is 96.4 Å². The highest BCUT2D eigenvalue weighted by atomic mass is 15.1. The maximum atomic E-state index is 3.48. The van der Waals surface area contributed by atoms with E-state index in [0.29, 0.717) is 0 Å². The third kappa shape index (κ3) is 10.2. The van der Waals surface area contributed by atoms with Crippen molar-refractivity contribution in [2.45, 2.75) is 40.5 Å². The van der Waals surface area contributed by atoms with Gasteiger partial charge in [-0.15, -0.1) is 0 Å². The van der Waals surface area contributed by atoms with Gasteiger partial charge in [0.2, 0.25) is 0 Å². The van der Waals surface area contributed by atoms with E-state index in [1.54, 1.807) is 0 Å². The second kappa shape index (κ2) is 9.17. The predicted molar refractivity (Wildman–Crippen MR) is 69.3 cm³/mol. The minimum Gasteiger partial charge on any atom is -0.316 e. The molecule has 0 aliphatic carbocycles. The molecule has 2 nitrogen and oxygen atoms in total. The van der Waals surface area contributed by atoms with Crippen LogP contribution in [0.3, 0.4) is 0 Å². The summed E-state index contributed by atoms with van der Waals surface area (Å²) in [6, 6.07) is 0. The first kappa shape index (κ1) is 14.9. The van der Waals surface area contributed by atoms with Gasteiger partial charge in [0.1, 0.15) is 0 Å². The zero-order valence-corrected chi connectivity index (χ0v) is 11.3. The third-order valence-electron chi connectivity index (χ3n) is 2.63. The van der Waals surface area contributed by atoms with Crippen molar-refractivity contribution < 1.29 is 0 Å². The molecule has 0 aromatic heterocycles. The van der Waals surface area contributed by atoms with Gasteiger partial charge in [0, 0.05) is 6.54 Å². The Morgan fingerprint density at radius 1 is 1.20 bits per heavy atom. The Morgan fingerprint density at radius 3 is 2.40 bits per heavy atom. The molecule has 0 aromatic carbocycles. The first-order chi connectivity index (χ1) is 7.06. The molecule has 0 aliphatic rings.